The van der Waals surface area contributed by atoms with Gasteiger partial charge in [-0.2, -0.15) is 0 Å². The Hall–Kier alpha value is -1.43. The minimum absolute atomic E-state index is 0.0909. The highest BCUT2D eigenvalue weighted by atomic mass is 16.2. The van der Waals surface area contributed by atoms with E-state index in [0.717, 1.165) is 32.5 Å². The van der Waals surface area contributed by atoms with Gasteiger partial charge in [-0.15, -0.1) is 0 Å². The average molecular weight is 265 g/mol. The number of imide groups is 2. The molecule has 6 heteroatoms. The maximum atomic E-state index is 12.5. The minimum atomic E-state index is -0.914. The number of likely N-dealkylation sites (tertiary alicyclic amines) is 1. The van der Waals surface area contributed by atoms with Crippen LogP contribution in [0, 0.1) is 5.41 Å². The summed E-state index contributed by atoms with van der Waals surface area (Å²) in [4.78, 5) is 39.7. The summed E-state index contributed by atoms with van der Waals surface area (Å²) in [6, 6.07) is -0.623. The third-order valence-corrected chi connectivity index (χ3v) is 4.55. The van der Waals surface area contributed by atoms with Gasteiger partial charge in [0.15, 0.2) is 0 Å². The minimum Gasteiger partial charge on any atom is -0.302 e. The molecule has 6 nitrogen and oxygen atoms in total. The second kappa shape index (κ2) is 4.30. The Morgan fingerprint density at radius 3 is 2.68 bits per heavy atom. The van der Waals surface area contributed by atoms with Crippen LogP contribution in [0.25, 0.3) is 0 Å². The molecule has 3 rings (SSSR count). The van der Waals surface area contributed by atoms with E-state index in [1.807, 2.05) is 0 Å². The van der Waals surface area contributed by atoms with Gasteiger partial charge in [-0.3, -0.25) is 19.8 Å². The second-order valence-electron chi connectivity index (χ2n) is 5.71. The molecule has 3 aliphatic rings. The molecule has 1 aliphatic carbocycles. The summed E-state index contributed by atoms with van der Waals surface area (Å²) in [5.41, 5.74) is -0.914. The van der Waals surface area contributed by atoms with Gasteiger partial charge in [0.05, 0.1) is 6.04 Å². The van der Waals surface area contributed by atoms with Crippen molar-refractivity contribution in [2.45, 2.75) is 38.6 Å². The number of likely N-dealkylation sites (N-methyl/N-ethyl adjacent to an activating group) is 1. The number of carbonyl (C=O) groups excluding carboxylic acids is 3. The standard InChI is InChI=1S/C13H19N3O3/c1-2-15-7-3-4-9(8-15)16-11(18)13(5-6-13)10(17)14-12(16)19/h9H,2-8H2,1H3,(H,14,17,19). The first-order valence-corrected chi connectivity index (χ1v) is 7.00. The topological polar surface area (TPSA) is 69.7 Å². The number of rotatable bonds is 2. The van der Waals surface area contributed by atoms with E-state index in [1.165, 1.54) is 4.90 Å². The molecule has 1 N–H and O–H groups in total. The number of urea groups is 1. The van der Waals surface area contributed by atoms with Crippen LogP contribution in [-0.2, 0) is 9.59 Å². The Morgan fingerprint density at radius 1 is 1.32 bits per heavy atom. The molecule has 4 amide bonds. The van der Waals surface area contributed by atoms with E-state index < -0.39 is 17.4 Å². The van der Waals surface area contributed by atoms with Gasteiger partial charge in [0, 0.05) is 6.54 Å². The Labute approximate surface area is 112 Å². The molecule has 0 aromatic carbocycles. The number of hydrogen-bond donors (Lipinski definition) is 1. The first-order chi connectivity index (χ1) is 9.08. The smallest absolute Gasteiger partial charge is 0.302 e. The second-order valence-corrected chi connectivity index (χ2v) is 5.71. The van der Waals surface area contributed by atoms with Crippen molar-refractivity contribution in [2.24, 2.45) is 5.41 Å². The SMILES string of the molecule is CCN1CCCC(N2C(=O)NC(=O)C3(CC3)C2=O)C1. The Balaban J connectivity index is 1.81. The Morgan fingerprint density at radius 2 is 2.05 bits per heavy atom. The molecule has 2 heterocycles. The summed E-state index contributed by atoms with van der Waals surface area (Å²) in [7, 11) is 0. The fourth-order valence-electron chi connectivity index (χ4n) is 3.12. The van der Waals surface area contributed by atoms with Gasteiger partial charge in [-0.1, -0.05) is 6.92 Å². The lowest BCUT2D eigenvalue weighted by Gasteiger charge is -2.40. The van der Waals surface area contributed by atoms with Crippen molar-refractivity contribution >= 4 is 17.8 Å². The van der Waals surface area contributed by atoms with Crippen molar-refractivity contribution in [3.05, 3.63) is 0 Å². The molecular weight excluding hydrogens is 246 g/mol. The zero-order chi connectivity index (χ0) is 13.6. The Kier molecular flexibility index (Phi) is 2.85. The summed E-state index contributed by atoms with van der Waals surface area (Å²) in [5, 5.41) is 2.35. The number of carbonyl (C=O) groups is 3. The van der Waals surface area contributed by atoms with Crippen LogP contribution in [0.15, 0.2) is 0 Å². The molecule has 1 saturated carbocycles. The molecule has 0 bridgehead atoms. The lowest BCUT2D eigenvalue weighted by atomic mass is 9.97. The van der Waals surface area contributed by atoms with Gasteiger partial charge in [0.25, 0.3) is 0 Å². The molecule has 104 valence electrons. The van der Waals surface area contributed by atoms with E-state index in [-0.39, 0.29) is 11.9 Å². The lowest BCUT2D eigenvalue weighted by Crippen LogP contribution is -2.64. The molecule has 1 unspecified atom stereocenters. The number of amides is 4. The van der Waals surface area contributed by atoms with E-state index in [1.54, 1.807) is 0 Å². The largest absolute Gasteiger partial charge is 0.331 e. The maximum Gasteiger partial charge on any atom is 0.331 e. The van der Waals surface area contributed by atoms with Crippen molar-refractivity contribution in [1.29, 1.82) is 0 Å². The van der Waals surface area contributed by atoms with E-state index in [4.69, 9.17) is 0 Å². The van der Waals surface area contributed by atoms with E-state index in [2.05, 4.69) is 17.1 Å². The summed E-state index contributed by atoms with van der Waals surface area (Å²) in [6.07, 6.45) is 2.97. The third-order valence-electron chi connectivity index (χ3n) is 4.55. The highest BCUT2D eigenvalue weighted by Crippen LogP contribution is 2.49. The van der Waals surface area contributed by atoms with Crippen molar-refractivity contribution in [1.82, 2.24) is 15.1 Å². The van der Waals surface area contributed by atoms with Crippen molar-refractivity contribution in [3.8, 4) is 0 Å². The van der Waals surface area contributed by atoms with Crippen LogP contribution in [0.1, 0.15) is 32.6 Å². The molecule has 2 saturated heterocycles. The quantitative estimate of drug-likeness (QED) is 0.730. The number of nitrogens with zero attached hydrogens (tertiary/aromatic N) is 2. The molecule has 3 fully saturated rings. The zero-order valence-corrected chi connectivity index (χ0v) is 11.1. The highest BCUT2D eigenvalue weighted by Gasteiger charge is 2.63. The monoisotopic (exact) mass is 265 g/mol. The molecule has 2 aliphatic heterocycles. The van der Waals surface area contributed by atoms with E-state index in [0.29, 0.717) is 12.8 Å². The average Bonchev–Trinajstić information content (AvgIpc) is 3.19. The van der Waals surface area contributed by atoms with Crippen molar-refractivity contribution in [2.75, 3.05) is 19.6 Å². The van der Waals surface area contributed by atoms with Gasteiger partial charge in [0.1, 0.15) is 5.41 Å². The maximum absolute atomic E-state index is 12.5. The van der Waals surface area contributed by atoms with Crippen LogP contribution in [0.2, 0.25) is 0 Å². The van der Waals surface area contributed by atoms with Crippen molar-refractivity contribution < 1.29 is 14.4 Å². The van der Waals surface area contributed by atoms with Gasteiger partial charge >= 0.3 is 6.03 Å². The van der Waals surface area contributed by atoms with Crippen LogP contribution in [0.3, 0.4) is 0 Å². The molecule has 0 radical (unpaired) electrons. The molecular formula is C13H19N3O3. The van der Waals surface area contributed by atoms with Gasteiger partial charge in [-0.05, 0) is 38.8 Å². The molecule has 0 aromatic rings. The normalized spacial score (nSPS) is 30.7. The van der Waals surface area contributed by atoms with Crippen LogP contribution < -0.4 is 5.32 Å². The first kappa shape index (κ1) is 12.6. The molecule has 1 atom stereocenters. The third kappa shape index (κ3) is 1.85. The van der Waals surface area contributed by atoms with Crippen molar-refractivity contribution in [3.63, 3.8) is 0 Å². The number of hydrogen-bond acceptors (Lipinski definition) is 4. The molecule has 19 heavy (non-hydrogen) atoms. The van der Waals surface area contributed by atoms with Crippen LogP contribution in [0.4, 0.5) is 4.79 Å². The van der Waals surface area contributed by atoms with E-state index in [9.17, 15) is 14.4 Å². The van der Waals surface area contributed by atoms with Gasteiger partial charge < -0.3 is 4.90 Å². The van der Waals surface area contributed by atoms with Crippen LogP contribution >= 0.6 is 0 Å². The van der Waals surface area contributed by atoms with Crippen LogP contribution in [-0.4, -0.2) is 53.3 Å². The molecule has 0 aromatic heterocycles. The van der Waals surface area contributed by atoms with Crippen LogP contribution in [0.5, 0.6) is 0 Å². The fraction of sp³-hybridized carbons (Fsp3) is 0.769. The summed E-state index contributed by atoms with van der Waals surface area (Å²) >= 11 is 0. The summed E-state index contributed by atoms with van der Waals surface area (Å²) in [5.74, 6) is -0.675. The highest BCUT2D eigenvalue weighted by molar-refractivity contribution is 6.21. The predicted octanol–water partition coefficient (Wildman–Crippen LogP) is 0.329. The lowest BCUT2D eigenvalue weighted by molar-refractivity contribution is -0.146. The Bertz CT molecular complexity index is 444. The van der Waals surface area contributed by atoms with Gasteiger partial charge in [-0.25, -0.2) is 4.79 Å². The first-order valence-electron chi connectivity index (χ1n) is 7.00. The number of nitrogens with one attached hydrogen (secondary N) is 1. The number of piperidine rings is 1. The molecule has 1 spiro atoms. The summed E-state index contributed by atoms with van der Waals surface area (Å²) in [6.45, 7) is 4.73. The van der Waals surface area contributed by atoms with Gasteiger partial charge in [0.2, 0.25) is 11.8 Å². The van der Waals surface area contributed by atoms with E-state index >= 15 is 0 Å². The zero-order valence-electron chi connectivity index (χ0n) is 11.1. The fourth-order valence-corrected chi connectivity index (χ4v) is 3.12. The summed E-state index contributed by atoms with van der Waals surface area (Å²) < 4.78 is 0. The number of barbiturate groups is 1. The predicted molar refractivity (Wildman–Crippen MR) is 67.2 cm³/mol.